The third-order valence-corrected chi connectivity index (χ3v) is 5.89. The number of anilines is 1. The van der Waals surface area contributed by atoms with E-state index < -0.39 is 5.97 Å². The minimum atomic E-state index is -0.481. The highest BCUT2D eigenvalue weighted by Crippen LogP contribution is 2.25. The van der Waals surface area contributed by atoms with Crippen LogP contribution in [0.3, 0.4) is 0 Å². The highest BCUT2D eigenvalue weighted by Gasteiger charge is 2.33. The molecule has 1 fully saturated rings. The van der Waals surface area contributed by atoms with Gasteiger partial charge in [0.1, 0.15) is 0 Å². The highest BCUT2D eigenvalue weighted by atomic mass is 35.5. The molecule has 2 N–H and O–H groups in total. The Kier molecular flexibility index (Phi) is 7.04. The zero-order valence-electron chi connectivity index (χ0n) is 16.4. The number of hydrogen-bond acceptors (Lipinski definition) is 9. The second kappa shape index (κ2) is 9.51. The Balaban J connectivity index is 1.63. The average Bonchev–Trinajstić information content (AvgIpc) is 3.35. The van der Waals surface area contributed by atoms with Crippen LogP contribution in [0.4, 0.5) is 5.13 Å². The van der Waals surface area contributed by atoms with E-state index in [9.17, 15) is 9.59 Å². The molecule has 12 heteroatoms. The van der Waals surface area contributed by atoms with Gasteiger partial charge in [-0.2, -0.15) is 0 Å². The number of imidazole rings is 1. The topological polar surface area (TPSA) is 122 Å². The van der Waals surface area contributed by atoms with Crippen LogP contribution in [-0.2, 0) is 15.9 Å². The van der Waals surface area contributed by atoms with E-state index in [-0.39, 0.29) is 35.5 Å². The number of amides is 1. The number of nitrogens with one attached hydrogen (secondary N) is 2. The molecular formula is C17H23ClN6O4S. The molecule has 3 heterocycles. The van der Waals surface area contributed by atoms with E-state index in [0.717, 1.165) is 5.69 Å². The van der Waals surface area contributed by atoms with Gasteiger partial charge in [-0.05, 0) is 19.8 Å². The Labute approximate surface area is 177 Å². The molecule has 1 saturated heterocycles. The molecule has 0 saturated carbocycles. The van der Waals surface area contributed by atoms with Crippen LogP contribution >= 0.6 is 22.9 Å². The number of ether oxygens (including phenoxy) is 2. The number of aromatic nitrogens is 4. The van der Waals surface area contributed by atoms with Crippen LogP contribution in [0.25, 0.3) is 0 Å². The number of H-pyrrole nitrogens is 1. The summed E-state index contributed by atoms with van der Waals surface area (Å²) in [4.78, 5) is 33.3. The van der Waals surface area contributed by atoms with Gasteiger partial charge in [0, 0.05) is 20.2 Å². The SMILES string of the molecule is CCOC(=O)c1nnc(N2CC[C@@H](NC(=O)c3nc(Cl)c(CC)[nH]3)[C@@H](OC)C2)s1. The maximum absolute atomic E-state index is 12.5. The van der Waals surface area contributed by atoms with Crippen molar-refractivity contribution in [1.29, 1.82) is 0 Å². The van der Waals surface area contributed by atoms with E-state index in [2.05, 4.69) is 25.5 Å². The molecule has 29 heavy (non-hydrogen) atoms. The molecule has 0 spiro atoms. The molecule has 2 aromatic rings. The molecule has 3 rings (SSSR count). The van der Waals surface area contributed by atoms with E-state index >= 15 is 0 Å². The number of aryl methyl sites for hydroxylation is 1. The first-order valence-electron chi connectivity index (χ1n) is 9.30. The van der Waals surface area contributed by atoms with Gasteiger partial charge in [-0.25, -0.2) is 9.78 Å². The average molecular weight is 443 g/mol. The van der Waals surface area contributed by atoms with Gasteiger partial charge in [-0.1, -0.05) is 29.9 Å². The van der Waals surface area contributed by atoms with E-state index in [1.54, 1.807) is 14.0 Å². The van der Waals surface area contributed by atoms with Crippen molar-refractivity contribution < 1.29 is 19.1 Å². The van der Waals surface area contributed by atoms with Crippen LogP contribution in [0.15, 0.2) is 0 Å². The standard InChI is InChI=1S/C17H23ClN6O4S/c1-4-9-12(18)21-13(19-9)14(25)20-10-6-7-24(8-11(10)27-3)17-23-22-15(29-17)16(26)28-5-2/h10-11H,4-8H2,1-3H3,(H,19,21)(H,20,25)/t10-,11+/m1/s1. The third-order valence-electron chi connectivity index (χ3n) is 4.61. The maximum Gasteiger partial charge on any atom is 0.369 e. The lowest BCUT2D eigenvalue weighted by atomic mass is 10.0. The van der Waals surface area contributed by atoms with Crippen LogP contribution in [0, 0.1) is 0 Å². The van der Waals surface area contributed by atoms with Gasteiger partial charge in [0.2, 0.25) is 10.1 Å². The fourth-order valence-electron chi connectivity index (χ4n) is 3.08. The van der Waals surface area contributed by atoms with Crippen molar-refractivity contribution in [2.75, 3.05) is 31.7 Å². The monoisotopic (exact) mass is 442 g/mol. The van der Waals surface area contributed by atoms with E-state index in [1.807, 2.05) is 11.8 Å². The van der Waals surface area contributed by atoms with Crippen molar-refractivity contribution in [3.8, 4) is 0 Å². The molecule has 0 radical (unpaired) electrons. The molecule has 1 aliphatic heterocycles. The van der Waals surface area contributed by atoms with Crippen molar-refractivity contribution in [3.05, 3.63) is 21.7 Å². The molecule has 10 nitrogen and oxygen atoms in total. The summed E-state index contributed by atoms with van der Waals surface area (Å²) in [5.74, 6) is -0.620. The van der Waals surface area contributed by atoms with Crippen LogP contribution in [0.2, 0.25) is 5.15 Å². The zero-order valence-corrected chi connectivity index (χ0v) is 18.0. The van der Waals surface area contributed by atoms with E-state index in [1.165, 1.54) is 11.3 Å². The fourth-order valence-corrected chi connectivity index (χ4v) is 4.12. The molecule has 158 valence electrons. The van der Waals surface area contributed by atoms with Crippen molar-refractivity contribution in [2.45, 2.75) is 38.8 Å². The largest absolute Gasteiger partial charge is 0.461 e. The third kappa shape index (κ3) is 4.85. The van der Waals surface area contributed by atoms with Gasteiger partial charge in [0.15, 0.2) is 11.0 Å². The zero-order chi connectivity index (χ0) is 21.0. The van der Waals surface area contributed by atoms with Crippen LogP contribution in [0.5, 0.6) is 0 Å². The summed E-state index contributed by atoms with van der Waals surface area (Å²) < 4.78 is 10.5. The summed E-state index contributed by atoms with van der Waals surface area (Å²) in [6, 6.07) is -0.199. The summed E-state index contributed by atoms with van der Waals surface area (Å²) in [7, 11) is 1.59. The van der Waals surface area contributed by atoms with Crippen molar-refractivity contribution in [1.82, 2.24) is 25.5 Å². The van der Waals surface area contributed by atoms with Crippen molar-refractivity contribution in [2.24, 2.45) is 0 Å². The van der Waals surface area contributed by atoms with Crippen molar-refractivity contribution >= 4 is 39.9 Å². The predicted octanol–water partition coefficient (Wildman–Crippen LogP) is 1.68. The summed E-state index contributed by atoms with van der Waals surface area (Å²) in [6.45, 7) is 5.07. The second-order valence-electron chi connectivity index (χ2n) is 6.41. The predicted molar refractivity (Wildman–Crippen MR) is 108 cm³/mol. The Bertz CT molecular complexity index is 872. The lowest BCUT2D eigenvalue weighted by Crippen LogP contribution is -2.55. The molecule has 1 aliphatic rings. The number of carbonyl (C=O) groups excluding carboxylic acids is 2. The van der Waals surface area contributed by atoms with Gasteiger partial charge >= 0.3 is 5.97 Å². The molecule has 0 bridgehead atoms. The first-order chi connectivity index (χ1) is 14.0. The van der Waals surface area contributed by atoms with Crippen LogP contribution in [0.1, 0.15) is 46.4 Å². The Morgan fingerprint density at radius 1 is 1.38 bits per heavy atom. The minimum absolute atomic E-state index is 0.187. The summed E-state index contributed by atoms with van der Waals surface area (Å²) in [6.07, 6.45) is 1.03. The summed E-state index contributed by atoms with van der Waals surface area (Å²) >= 11 is 7.20. The van der Waals surface area contributed by atoms with Gasteiger partial charge < -0.3 is 24.7 Å². The lowest BCUT2D eigenvalue weighted by molar-refractivity contribution is 0.0524. The van der Waals surface area contributed by atoms with Gasteiger partial charge in [0.05, 0.1) is 24.4 Å². The maximum atomic E-state index is 12.5. The minimum Gasteiger partial charge on any atom is -0.461 e. The molecule has 0 unspecified atom stereocenters. The molecule has 2 aromatic heterocycles. The molecular weight excluding hydrogens is 420 g/mol. The smallest absolute Gasteiger partial charge is 0.369 e. The van der Waals surface area contributed by atoms with Gasteiger partial charge in [-0.15, -0.1) is 10.2 Å². The first kappa shape index (κ1) is 21.5. The van der Waals surface area contributed by atoms with Crippen LogP contribution in [-0.4, -0.2) is 71.0 Å². The Morgan fingerprint density at radius 3 is 2.83 bits per heavy atom. The lowest BCUT2D eigenvalue weighted by Gasteiger charge is -2.37. The number of rotatable bonds is 7. The summed E-state index contributed by atoms with van der Waals surface area (Å²) in [5, 5.41) is 12.1. The highest BCUT2D eigenvalue weighted by molar-refractivity contribution is 7.17. The van der Waals surface area contributed by atoms with E-state index in [0.29, 0.717) is 36.2 Å². The number of methoxy groups -OCH3 is 1. The Hall–Kier alpha value is -2.24. The normalized spacial score (nSPS) is 19.2. The first-order valence-corrected chi connectivity index (χ1v) is 10.5. The number of aromatic amines is 1. The number of piperidine rings is 1. The molecule has 2 atom stereocenters. The number of carbonyl (C=O) groups is 2. The quantitative estimate of drug-likeness (QED) is 0.621. The van der Waals surface area contributed by atoms with E-state index in [4.69, 9.17) is 21.1 Å². The van der Waals surface area contributed by atoms with Gasteiger partial charge in [0.25, 0.3) is 5.91 Å². The molecule has 0 aromatic carbocycles. The number of esters is 1. The van der Waals surface area contributed by atoms with Crippen LogP contribution < -0.4 is 10.2 Å². The molecule has 1 amide bonds. The Morgan fingerprint density at radius 2 is 2.17 bits per heavy atom. The number of halogens is 1. The summed E-state index contributed by atoms with van der Waals surface area (Å²) in [5.41, 5.74) is 0.726. The number of nitrogens with zero attached hydrogens (tertiary/aromatic N) is 4. The second-order valence-corrected chi connectivity index (χ2v) is 7.72. The van der Waals surface area contributed by atoms with Gasteiger partial charge in [-0.3, -0.25) is 4.79 Å². The fraction of sp³-hybridized carbons (Fsp3) is 0.588. The molecule has 0 aliphatic carbocycles. The number of hydrogen-bond donors (Lipinski definition) is 2. The van der Waals surface area contributed by atoms with Crippen molar-refractivity contribution in [3.63, 3.8) is 0 Å².